The largest absolute Gasteiger partial charge is 0.394 e. The van der Waals surface area contributed by atoms with Gasteiger partial charge >= 0.3 is 0 Å². The Hall–Kier alpha value is -0.100. The van der Waals surface area contributed by atoms with Gasteiger partial charge in [0.25, 0.3) is 0 Å². The fourth-order valence-electron chi connectivity index (χ4n) is 6.05. The summed E-state index contributed by atoms with van der Waals surface area (Å²) >= 11 is 1.92. The number of aliphatic hydroxyl groups excluding tert-OH is 12. The summed E-state index contributed by atoms with van der Waals surface area (Å²) < 4.78 is 52.6. The zero-order valence-corrected chi connectivity index (χ0v) is 26.9. The molecule has 12 N–H and O–H groups in total. The third-order valence-electron chi connectivity index (χ3n) is 8.84. The van der Waals surface area contributed by atoms with Gasteiger partial charge in [-0.25, -0.2) is 4.39 Å². The highest BCUT2D eigenvalue weighted by atomic mass is 127. The summed E-state index contributed by atoms with van der Waals surface area (Å²) in [5, 5.41) is 124. The predicted octanol–water partition coefficient (Wildman–Crippen LogP) is -7.04. The van der Waals surface area contributed by atoms with Crippen LogP contribution in [0.1, 0.15) is 0 Å². The SMILES string of the molecule is OCC1OC(OC2C(CO)OC(OC3C(CO)OC(OC4C(CO)OC(CF)C(CI)C4O)C(O)C3O)C(O)C2O)C(O)C(O)C1O. The van der Waals surface area contributed by atoms with Crippen LogP contribution in [0.15, 0.2) is 0 Å². The molecule has 4 aliphatic rings. The van der Waals surface area contributed by atoms with E-state index in [9.17, 15) is 65.7 Å². The molecule has 0 aromatic rings. The molecule has 0 radical (unpaired) electrons. The van der Waals surface area contributed by atoms with E-state index in [1.54, 1.807) is 0 Å². The average molecular weight is 807 g/mol. The summed E-state index contributed by atoms with van der Waals surface area (Å²) in [5.74, 6) is -0.756. The molecule has 0 bridgehead atoms. The Morgan fingerprint density at radius 2 is 0.809 bits per heavy atom. The zero-order valence-electron chi connectivity index (χ0n) is 24.8. The van der Waals surface area contributed by atoms with Crippen LogP contribution < -0.4 is 0 Å². The lowest BCUT2D eigenvalue weighted by Crippen LogP contribution is -2.67. The van der Waals surface area contributed by atoms with Crippen molar-refractivity contribution in [3.05, 3.63) is 0 Å². The normalized spacial score (nSPS) is 51.2. The Labute approximate surface area is 281 Å². The molecule has 0 spiro atoms. The molecular weight excluding hydrogens is 762 g/mol. The van der Waals surface area contributed by atoms with Crippen LogP contribution >= 0.6 is 22.6 Å². The van der Waals surface area contributed by atoms with Gasteiger partial charge in [-0.3, -0.25) is 0 Å². The second-order valence-electron chi connectivity index (χ2n) is 11.8. The van der Waals surface area contributed by atoms with Crippen LogP contribution in [-0.4, -0.2) is 215 Å². The maximum absolute atomic E-state index is 13.5. The van der Waals surface area contributed by atoms with E-state index in [0.717, 1.165) is 0 Å². The summed E-state index contributed by atoms with van der Waals surface area (Å²) in [6.07, 6.45) is -31.3. The Morgan fingerprint density at radius 3 is 1.19 bits per heavy atom. The Balaban J connectivity index is 1.44. The molecule has 0 amide bonds. The topological polar surface area (TPSA) is 307 Å². The number of aliphatic hydroxyl groups is 12. The summed E-state index contributed by atoms with van der Waals surface area (Å²) in [7, 11) is 0. The highest BCUT2D eigenvalue weighted by Gasteiger charge is 2.55. The van der Waals surface area contributed by atoms with Gasteiger partial charge in [0.1, 0.15) is 92.1 Å². The second-order valence-corrected chi connectivity index (χ2v) is 12.7. The van der Waals surface area contributed by atoms with Crippen LogP contribution in [0, 0.1) is 5.92 Å². The van der Waals surface area contributed by atoms with E-state index in [1.165, 1.54) is 0 Å². The molecule has 4 heterocycles. The lowest BCUT2D eigenvalue weighted by molar-refractivity contribution is -0.384. The molecule has 4 aliphatic heterocycles. The molecule has 19 nitrogen and oxygen atoms in total. The van der Waals surface area contributed by atoms with E-state index in [2.05, 4.69) is 0 Å². The molecular formula is C26H44FIO19. The minimum Gasteiger partial charge on any atom is -0.394 e. The van der Waals surface area contributed by atoms with Crippen molar-refractivity contribution in [2.24, 2.45) is 5.92 Å². The lowest BCUT2D eigenvalue weighted by atomic mass is 9.88. The average Bonchev–Trinajstić information content (AvgIpc) is 3.07. The van der Waals surface area contributed by atoms with Crippen LogP contribution in [0.2, 0.25) is 0 Å². The van der Waals surface area contributed by atoms with Gasteiger partial charge in [-0.05, 0) is 0 Å². The molecule has 20 atom stereocenters. The van der Waals surface area contributed by atoms with Crippen molar-refractivity contribution in [3.8, 4) is 0 Å². The van der Waals surface area contributed by atoms with Crippen LogP contribution in [0.3, 0.4) is 0 Å². The van der Waals surface area contributed by atoms with Gasteiger partial charge in [0.15, 0.2) is 18.9 Å². The first-order chi connectivity index (χ1) is 22.4. The van der Waals surface area contributed by atoms with Crippen molar-refractivity contribution in [3.63, 3.8) is 0 Å². The summed E-state index contributed by atoms with van der Waals surface area (Å²) in [6, 6.07) is 0. The summed E-state index contributed by atoms with van der Waals surface area (Å²) in [4.78, 5) is 0. The van der Waals surface area contributed by atoms with Gasteiger partial charge in [0.05, 0.1) is 38.6 Å². The minimum absolute atomic E-state index is 0.246. The quantitative estimate of drug-likeness (QED) is 0.0644. The highest BCUT2D eigenvalue weighted by Crippen LogP contribution is 2.35. The molecule has 276 valence electrons. The zero-order chi connectivity index (χ0) is 34.7. The van der Waals surface area contributed by atoms with E-state index in [4.69, 9.17) is 33.2 Å². The molecule has 47 heavy (non-hydrogen) atoms. The first-order valence-corrected chi connectivity index (χ1v) is 16.5. The van der Waals surface area contributed by atoms with Crippen molar-refractivity contribution in [1.82, 2.24) is 0 Å². The monoisotopic (exact) mass is 806 g/mol. The summed E-state index contributed by atoms with van der Waals surface area (Å²) in [5.41, 5.74) is 0. The molecule has 0 aromatic carbocycles. The Morgan fingerprint density at radius 1 is 0.447 bits per heavy atom. The number of halogens is 2. The number of alkyl halides is 2. The van der Waals surface area contributed by atoms with Gasteiger partial charge in [-0.15, -0.1) is 0 Å². The Bertz CT molecular complexity index is 956. The number of hydrogen-bond acceptors (Lipinski definition) is 19. The van der Waals surface area contributed by atoms with Crippen LogP contribution in [-0.2, 0) is 33.2 Å². The Kier molecular flexibility index (Phi) is 14.7. The van der Waals surface area contributed by atoms with Gasteiger partial charge in [0, 0.05) is 10.3 Å². The fourth-order valence-corrected chi connectivity index (χ4v) is 7.14. The smallest absolute Gasteiger partial charge is 0.187 e. The fraction of sp³-hybridized carbons (Fsp3) is 1.00. The van der Waals surface area contributed by atoms with Crippen molar-refractivity contribution in [2.75, 3.05) is 37.5 Å². The van der Waals surface area contributed by atoms with E-state index in [-0.39, 0.29) is 4.43 Å². The molecule has 0 aromatic heterocycles. The van der Waals surface area contributed by atoms with Crippen molar-refractivity contribution < 1.29 is 98.8 Å². The maximum Gasteiger partial charge on any atom is 0.187 e. The molecule has 0 saturated carbocycles. The molecule has 21 heteroatoms. The van der Waals surface area contributed by atoms with Gasteiger partial charge in [-0.2, -0.15) is 0 Å². The third kappa shape index (κ3) is 8.19. The van der Waals surface area contributed by atoms with Crippen LogP contribution in [0.25, 0.3) is 0 Å². The lowest BCUT2D eigenvalue weighted by Gasteiger charge is -2.49. The van der Waals surface area contributed by atoms with E-state index >= 15 is 0 Å². The highest BCUT2D eigenvalue weighted by molar-refractivity contribution is 14.1. The van der Waals surface area contributed by atoms with Crippen LogP contribution in [0.5, 0.6) is 0 Å². The van der Waals surface area contributed by atoms with Crippen molar-refractivity contribution >= 4 is 22.6 Å². The van der Waals surface area contributed by atoms with Crippen molar-refractivity contribution in [1.29, 1.82) is 0 Å². The van der Waals surface area contributed by atoms with Gasteiger partial charge in [0.2, 0.25) is 0 Å². The first kappa shape index (κ1) is 39.7. The molecule has 4 fully saturated rings. The third-order valence-corrected chi connectivity index (χ3v) is 9.86. The molecule has 4 rings (SSSR count). The minimum atomic E-state index is -2.00. The van der Waals surface area contributed by atoms with Gasteiger partial charge < -0.3 is 94.4 Å². The maximum atomic E-state index is 13.5. The number of rotatable bonds is 12. The predicted molar refractivity (Wildman–Crippen MR) is 154 cm³/mol. The second kappa shape index (κ2) is 17.4. The summed E-state index contributed by atoms with van der Waals surface area (Å²) in [6.45, 7) is -4.15. The molecule has 20 unspecified atom stereocenters. The standard InChI is InChI=1S/C26H44FIO19/c27-1-8-7(2-28)13(33)21(10(4-30)41-8)45-25-19(39)16(36)23(12(6-32)43-25)47-26-20(40)17(37)22(11(5-31)44-26)46-24-18(38)15(35)14(34)9(3-29)42-24/h7-26,29-40H,1-6H2. The number of hydrogen-bond donors (Lipinski definition) is 12. The van der Waals surface area contributed by atoms with Crippen LogP contribution in [0.4, 0.5) is 4.39 Å². The van der Waals surface area contributed by atoms with Crippen molar-refractivity contribution in [2.45, 2.75) is 117 Å². The molecule has 4 saturated heterocycles. The van der Waals surface area contributed by atoms with Gasteiger partial charge in [-0.1, -0.05) is 22.6 Å². The first-order valence-electron chi connectivity index (χ1n) is 14.9. The van der Waals surface area contributed by atoms with E-state index < -0.39 is 156 Å². The molecule has 0 aliphatic carbocycles. The number of ether oxygens (including phenoxy) is 7. The van der Waals surface area contributed by atoms with E-state index in [1.807, 2.05) is 22.6 Å². The van der Waals surface area contributed by atoms with E-state index in [0.29, 0.717) is 0 Å².